The Bertz CT molecular complexity index is 272. The van der Waals surface area contributed by atoms with Gasteiger partial charge in [-0.15, -0.1) is 6.58 Å². The number of amides is 1. The number of carbonyl (C=O) groups is 2. The molecule has 0 atom stereocenters. The van der Waals surface area contributed by atoms with E-state index in [1.54, 1.807) is 6.08 Å². The van der Waals surface area contributed by atoms with Gasteiger partial charge in [0.05, 0.1) is 12.0 Å². The normalized spacial score (nSPS) is 16.8. The maximum Gasteiger partial charge on any atom is 0.311 e. The summed E-state index contributed by atoms with van der Waals surface area (Å²) < 4.78 is 0. The van der Waals surface area contributed by atoms with Crippen LogP contribution >= 0.6 is 0 Å². The van der Waals surface area contributed by atoms with Gasteiger partial charge in [-0.05, 0) is 12.8 Å². The first-order valence-electron chi connectivity index (χ1n) is 4.92. The Balaban J connectivity index is 2.17. The number of hydrogen-bond acceptors (Lipinski definition) is 3. The minimum atomic E-state index is -0.818. The first-order chi connectivity index (χ1) is 7.10. The molecule has 84 valence electrons. The molecule has 5 heteroatoms. The number of carbonyl (C=O) groups excluding carboxylic acids is 1. The van der Waals surface area contributed by atoms with E-state index >= 15 is 0 Å². The van der Waals surface area contributed by atoms with Crippen molar-refractivity contribution in [3.8, 4) is 0 Å². The second-order valence-corrected chi connectivity index (χ2v) is 3.78. The van der Waals surface area contributed by atoms with E-state index in [2.05, 4.69) is 17.2 Å². The number of rotatable bonds is 7. The number of aliphatic carboxylic acids is 1. The number of carboxylic acid groups (broad SMARTS) is 1. The highest BCUT2D eigenvalue weighted by atomic mass is 16.4. The summed E-state index contributed by atoms with van der Waals surface area (Å²) >= 11 is 0. The smallest absolute Gasteiger partial charge is 0.311 e. The summed E-state index contributed by atoms with van der Waals surface area (Å²) in [7, 11) is 0. The van der Waals surface area contributed by atoms with Gasteiger partial charge in [0.15, 0.2) is 0 Å². The first-order valence-corrected chi connectivity index (χ1v) is 4.92. The van der Waals surface area contributed by atoms with Gasteiger partial charge < -0.3 is 15.7 Å². The van der Waals surface area contributed by atoms with Crippen molar-refractivity contribution in [3.63, 3.8) is 0 Å². The molecular formula is C10H16N2O3. The highest BCUT2D eigenvalue weighted by Gasteiger charge is 2.50. The average Bonchev–Trinajstić information content (AvgIpc) is 2.96. The van der Waals surface area contributed by atoms with Gasteiger partial charge in [0.2, 0.25) is 5.91 Å². The van der Waals surface area contributed by atoms with Crippen molar-refractivity contribution in [1.29, 1.82) is 0 Å². The fraction of sp³-hybridized carbons (Fsp3) is 0.600. The molecule has 0 bridgehead atoms. The van der Waals surface area contributed by atoms with Crippen molar-refractivity contribution in [2.75, 3.05) is 19.6 Å². The van der Waals surface area contributed by atoms with Crippen molar-refractivity contribution < 1.29 is 14.7 Å². The zero-order valence-electron chi connectivity index (χ0n) is 8.58. The van der Waals surface area contributed by atoms with Crippen LogP contribution in [0.2, 0.25) is 0 Å². The molecule has 1 saturated carbocycles. The average molecular weight is 212 g/mol. The van der Waals surface area contributed by atoms with E-state index in [4.69, 9.17) is 5.11 Å². The van der Waals surface area contributed by atoms with E-state index in [9.17, 15) is 9.59 Å². The predicted octanol–water partition coefficient (Wildman–Crippen LogP) is -0.257. The second kappa shape index (κ2) is 4.93. The standard InChI is InChI=1S/C10H16N2O3/c1-2-5-11-6-8(13)12-7-10(3-4-10)9(14)15/h2,11H,1,3-7H2,(H,12,13)(H,14,15). The molecule has 1 amide bonds. The van der Waals surface area contributed by atoms with Gasteiger partial charge >= 0.3 is 5.97 Å². The maximum atomic E-state index is 11.2. The van der Waals surface area contributed by atoms with Crippen molar-refractivity contribution in [2.24, 2.45) is 5.41 Å². The van der Waals surface area contributed by atoms with Crippen LogP contribution in [-0.2, 0) is 9.59 Å². The molecule has 5 nitrogen and oxygen atoms in total. The Hall–Kier alpha value is -1.36. The molecule has 15 heavy (non-hydrogen) atoms. The van der Waals surface area contributed by atoms with E-state index < -0.39 is 11.4 Å². The third kappa shape index (κ3) is 3.36. The predicted molar refractivity (Wildman–Crippen MR) is 55.4 cm³/mol. The Morgan fingerprint density at radius 2 is 2.13 bits per heavy atom. The molecule has 3 N–H and O–H groups in total. The van der Waals surface area contributed by atoms with Crippen LogP contribution in [0.4, 0.5) is 0 Å². The van der Waals surface area contributed by atoms with E-state index in [-0.39, 0.29) is 19.0 Å². The molecule has 0 saturated heterocycles. The monoisotopic (exact) mass is 212 g/mol. The minimum Gasteiger partial charge on any atom is -0.481 e. The fourth-order valence-electron chi connectivity index (χ4n) is 1.24. The quantitative estimate of drug-likeness (QED) is 0.401. The lowest BCUT2D eigenvalue weighted by Crippen LogP contribution is -2.39. The number of hydrogen-bond donors (Lipinski definition) is 3. The SMILES string of the molecule is C=CCNCC(=O)NCC1(C(=O)O)CC1. The Morgan fingerprint density at radius 1 is 1.47 bits per heavy atom. The summed E-state index contributed by atoms with van der Waals surface area (Å²) in [6, 6.07) is 0. The van der Waals surface area contributed by atoms with Gasteiger partial charge in [0.1, 0.15) is 0 Å². The first kappa shape index (κ1) is 11.7. The summed E-state index contributed by atoms with van der Waals surface area (Å²) in [5, 5.41) is 14.3. The summed E-state index contributed by atoms with van der Waals surface area (Å²) in [5.41, 5.74) is -0.686. The van der Waals surface area contributed by atoms with Crippen LogP contribution in [0.15, 0.2) is 12.7 Å². The molecule has 0 aromatic rings. The van der Waals surface area contributed by atoms with E-state index in [0.29, 0.717) is 19.4 Å². The van der Waals surface area contributed by atoms with Crippen LogP contribution in [0.5, 0.6) is 0 Å². The van der Waals surface area contributed by atoms with E-state index in [1.165, 1.54) is 0 Å². The Labute approximate surface area is 88.5 Å². The molecule has 0 spiro atoms. The zero-order chi connectivity index (χ0) is 11.3. The van der Waals surface area contributed by atoms with E-state index in [0.717, 1.165) is 0 Å². The van der Waals surface area contributed by atoms with Gasteiger partial charge in [-0.25, -0.2) is 0 Å². The number of nitrogens with one attached hydrogen (secondary N) is 2. The van der Waals surface area contributed by atoms with Gasteiger partial charge in [-0.2, -0.15) is 0 Å². The van der Waals surface area contributed by atoms with Crippen LogP contribution in [0, 0.1) is 5.41 Å². The zero-order valence-corrected chi connectivity index (χ0v) is 8.58. The molecule has 0 heterocycles. The molecule has 0 unspecified atom stereocenters. The third-order valence-electron chi connectivity index (χ3n) is 2.51. The van der Waals surface area contributed by atoms with Crippen LogP contribution in [0.3, 0.4) is 0 Å². The minimum absolute atomic E-state index is 0.177. The van der Waals surface area contributed by atoms with Crippen LogP contribution in [0.25, 0.3) is 0 Å². The summed E-state index contributed by atoms with van der Waals surface area (Å²) in [5.74, 6) is -0.994. The third-order valence-corrected chi connectivity index (χ3v) is 2.51. The summed E-state index contributed by atoms with van der Waals surface area (Å²) in [6.45, 7) is 4.50. The lowest BCUT2D eigenvalue weighted by atomic mass is 10.1. The topological polar surface area (TPSA) is 78.4 Å². The van der Waals surface area contributed by atoms with Crippen LogP contribution < -0.4 is 10.6 Å². The van der Waals surface area contributed by atoms with Gasteiger partial charge in [0.25, 0.3) is 0 Å². The molecule has 0 aliphatic heterocycles. The molecule has 0 radical (unpaired) electrons. The molecule has 1 aliphatic rings. The molecular weight excluding hydrogens is 196 g/mol. The fourth-order valence-corrected chi connectivity index (χ4v) is 1.24. The largest absolute Gasteiger partial charge is 0.481 e. The number of carboxylic acids is 1. The summed E-state index contributed by atoms with van der Waals surface area (Å²) in [6.07, 6.45) is 2.97. The maximum absolute atomic E-state index is 11.2. The molecule has 0 aromatic heterocycles. The Morgan fingerprint density at radius 3 is 2.60 bits per heavy atom. The molecule has 0 aromatic carbocycles. The van der Waals surface area contributed by atoms with E-state index in [1.807, 2.05) is 0 Å². The van der Waals surface area contributed by atoms with Gasteiger partial charge in [0, 0.05) is 13.1 Å². The highest BCUT2D eigenvalue weighted by molar-refractivity contribution is 5.81. The lowest BCUT2D eigenvalue weighted by molar-refractivity contribution is -0.143. The van der Waals surface area contributed by atoms with Crippen molar-refractivity contribution in [1.82, 2.24) is 10.6 Å². The van der Waals surface area contributed by atoms with Crippen LogP contribution in [0.1, 0.15) is 12.8 Å². The molecule has 1 fully saturated rings. The summed E-state index contributed by atoms with van der Waals surface area (Å²) in [4.78, 5) is 22.0. The van der Waals surface area contributed by atoms with Gasteiger partial charge in [-0.1, -0.05) is 6.08 Å². The van der Waals surface area contributed by atoms with Crippen molar-refractivity contribution in [3.05, 3.63) is 12.7 Å². The van der Waals surface area contributed by atoms with Crippen molar-refractivity contribution in [2.45, 2.75) is 12.8 Å². The second-order valence-electron chi connectivity index (χ2n) is 3.78. The molecule has 1 aliphatic carbocycles. The highest BCUT2D eigenvalue weighted by Crippen LogP contribution is 2.45. The van der Waals surface area contributed by atoms with Crippen LogP contribution in [-0.4, -0.2) is 36.6 Å². The lowest BCUT2D eigenvalue weighted by Gasteiger charge is -2.10. The van der Waals surface area contributed by atoms with Gasteiger partial charge in [-0.3, -0.25) is 9.59 Å². The molecule has 1 rings (SSSR count). The Kier molecular flexibility index (Phi) is 3.85. The van der Waals surface area contributed by atoms with Crippen molar-refractivity contribution >= 4 is 11.9 Å².